The molecule has 0 spiro atoms. The fourth-order valence-electron chi connectivity index (χ4n) is 5.34. The first kappa shape index (κ1) is 25.9. The number of ether oxygens (including phenoxy) is 2. The number of nitrogens with zero attached hydrogens (tertiary/aromatic N) is 1. The molecule has 0 bridgehead atoms. The summed E-state index contributed by atoms with van der Waals surface area (Å²) in [5.41, 5.74) is 3.40. The lowest BCUT2D eigenvalue weighted by molar-refractivity contribution is -0.161. The maximum Gasteiger partial charge on any atom is 0.326 e. The monoisotopic (exact) mass is 515 g/mol. The van der Waals surface area contributed by atoms with Crippen molar-refractivity contribution in [3.05, 3.63) is 101 Å². The molecule has 5 rings (SSSR count). The molecule has 3 aromatic rings. The fourth-order valence-corrected chi connectivity index (χ4v) is 5.34. The lowest BCUT2D eigenvalue weighted by Crippen LogP contribution is -2.51. The lowest BCUT2D eigenvalue weighted by atomic mass is 9.91. The highest BCUT2D eigenvalue weighted by molar-refractivity contribution is 5.88. The highest BCUT2D eigenvalue weighted by Crippen LogP contribution is 2.35. The van der Waals surface area contributed by atoms with Gasteiger partial charge in [0.25, 0.3) is 5.91 Å². The number of amides is 1. The summed E-state index contributed by atoms with van der Waals surface area (Å²) in [6.45, 7) is 0.529. The largest absolute Gasteiger partial charge is 0.489 e. The van der Waals surface area contributed by atoms with E-state index in [2.05, 4.69) is 0 Å². The summed E-state index contributed by atoms with van der Waals surface area (Å²) >= 11 is 0. The van der Waals surface area contributed by atoms with Crippen LogP contribution in [0.1, 0.15) is 54.0 Å². The number of carbonyl (C=O) groups excluding carboxylic acids is 1. The normalized spacial score (nSPS) is 21.8. The van der Waals surface area contributed by atoms with E-state index in [4.69, 9.17) is 9.47 Å². The molecule has 0 aromatic heterocycles. The predicted octanol–water partition coefficient (Wildman–Crippen LogP) is 4.66. The van der Waals surface area contributed by atoms with E-state index in [-0.39, 0.29) is 31.1 Å². The van der Waals surface area contributed by atoms with Gasteiger partial charge >= 0.3 is 5.97 Å². The Morgan fingerprint density at radius 3 is 2.26 bits per heavy atom. The fraction of sp³-hybridized carbons (Fsp3) is 0.355. The summed E-state index contributed by atoms with van der Waals surface area (Å²) in [5.74, 6) is -0.785. The average Bonchev–Trinajstić information content (AvgIpc) is 2.95. The molecule has 38 heavy (non-hydrogen) atoms. The lowest BCUT2D eigenvalue weighted by Gasteiger charge is -2.38. The number of aliphatic hydroxyl groups is 1. The van der Waals surface area contributed by atoms with E-state index in [1.807, 2.05) is 78.9 Å². The SMILES string of the molecule is O=C(O)[C@@H]1Cc2c(cccc2OCc2ccccc2)CN1C(=O)[C@@H](OC1CCC(O)CC1)c1ccccc1. The van der Waals surface area contributed by atoms with Gasteiger partial charge in [0, 0.05) is 18.5 Å². The number of fused-ring (bicyclic) bond motifs is 1. The van der Waals surface area contributed by atoms with Gasteiger partial charge in [0.05, 0.1) is 12.2 Å². The maximum absolute atomic E-state index is 14.0. The van der Waals surface area contributed by atoms with E-state index in [0.29, 0.717) is 43.6 Å². The van der Waals surface area contributed by atoms with Crippen LogP contribution in [0.3, 0.4) is 0 Å². The van der Waals surface area contributed by atoms with Crippen molar-refractivity contribution >= 4 is 11.9 Å². The summed E-state index contributed by atoms with van der Waals surface area (Å²) in [6.07, 6.45) is 1.29. The summed E-state index contributed by atoms with van der Waals surface area (Å²) in [6, 6.07) is 23.6. The van der Waals surface area contributed by atoms with Gasteiger partial charge in [-0.2, -0.15) is 0 Å². The number of hydrogen-bond acceptors (Lipinski definition) is 5. The molecular formula is C31H33NO6. The number of carbonyl (C=O) groups is 2. The third-order valence-corrected chi connectivity index (χ3v) is 7.45. The molecule has 1 aliphatic carbocycles. The number of carboxylic acids is 1. The highest BCUT2D eigenvalue weighted by atomic mass is 16.5. The van der Waals surface area contributed by atoms with E-state index in [1.165, 1.54) is 4.90 Å². The van der Waals surface area contributed by atoms with Gasteiger partial charge in [-0.25, -0.2) is 4.79 Å². The highest BCUT2D eigenvalue weighted by Gasteiger charge is 2.40. The van der Waals surface area contributed by atoms with E-state index in [1.54, 1.807) is 0 Å². The number of aliphatic carboxylic acids is 1. The van der Waals surface area contributed by atoms with Crippen molar-refractivity contribution in [1.29, 1.82) is 0 Å². The molecule has 2 N–H and O–H groups in total. The summed E-state index contributed by atoms with van der Waals surface area (Å²) in [5, 5.41) is 20.1. The van der Waals surface area contributed by atoms with Crippen LogP contribution in [0, 0.1) is 0 Å². The van der Waals surface area contributed by atoms with Gasteiger partial charge in [-0.1, -0.05) is 72.8 Å². The summed E-state index contributed by atoms with van der Waals surface area (Å²) in [4.78, 5) is 27.9. The second kappa shape index (κ2) is 11.8. The van der Waals surface area contributed by atoms with Crippen molar-refractivity contribution in [2.75, 3.05) is 0 Å². The quantitative estimate of drug-likeness (QED) is 0.453. The molecule has 0 radical (unpaired) electrons. The molecule has 3 aromatic carbocycles. The van der Waals surface area contributed by atoms with Crippen LogP contribution in [0.2, 0.25) is 0 Å². The Morgan fingerprint density at radius 1 is 0.895 bits per heavy atom. The van der Waals surface area contributed by atoms with Crippen LogP contribution in [0.25, 0.3) is 0 Å². The topological polar surface area (TPSA) is 96.3 Å². The molecule has 7 nitrogen and oxygen atoms in total. The van der Waals surface area contributed by atoms with Gasteiger partial charge in [-0.05, 0) is 48.4 Å². The molecule has 1 amide bonds. The second-order valence-corrected chi connectivity index (χ2v) is 10.0. The van der Waals surface area contributed by atoms with Crippen LogP contribution in [-0.2, 0) is 33.9 Å². The van der Waals surface area contributed by atoms with Crippen LogP contribution >= 0.6 is 0 Å². The third-order valence-electron chi connectivity index (χ3n) is 7.45. The van der Waals surface area contributed by atoms with Crippen LogP contribution in [0.4, 0.5) is 0 Å². The van der Waals surface area contributed by atoms with E-state index in [9.17, 15) is 19.8 Å². The molecule has 0 saturated heterocycles. The Hall–Kier alpha value is -3.68. The molecule has 1 saturated carbocycles. The zero-order valence-electron chi connectivity index (χ0n) is 21.2. The van der Waals surface area contributed by atoms with Gasteiger partial charge in [-0.3, -0.25) is 4.79 Å². The van der Waals surface area contributed by atoms with Crippen molar-refractivity contribution < 1.29 is 29.3 Å². The minimum Gasteiger partial charge on any atom is -0.489 e. The Bertz CT molecular complexity index is 1240. The van der Waals surface area contributed by atoms with Crippen LogP contribution in [-0.4, -0.2) is 45.2 Å². The molecule has 1 heterocycles. The first-order valence-electron chi connectivity index (χ1n) is 13.2. The van der Waals surface area contributed by atoms with Crippen LogP contribution in [0.15, 0.2) is 78.9 Å². The van der Waals surface area contributed by atoms with Gasteiger partial charge in [0.1, 0.15) is 18.4 Å². The molecule has 1 fully saturated rings. The van der Waals surface area contributed by atoms with Gasteiger partial charge < -0.3 is 24.6 Å². The number of rotatable bonds is 8. The number of hydrogen-bond donors (Lipinski definition) is 2. The molecule has 198 valence electrons. The first-order valence-corrected chi connectivity index (χ1v) is 13.2. The number of benzene rings is 3. The van der Waals surface area contributed by atoms with Gasteiger partial charge in [-0.15, -0.1) is 0 Å². The number of carboxylic acid groups (broad SMARTS) is 1. The van der Waals surface area contributed by atoms with Crippen molar-refractivity contribution in [3.8, 4) is 5.75 Å². The van der Waals surface area contributed by atoms with E-state index < -0.39 is 18.1 Å². The first-order chi connectivity index (χ1) is 18.5. The Labute approximate surface area is 222 Å². The second-order valence-electron chi connectivity index (χ2n) is 10.0. The van der Waals surface area contributed by atoms with E-state index >= 15 is 0 Å². The molecule has 2 aliphatic rings. The summed E-state index contributed by atoms with van der Waals surface area (Å²) in [7, 11) is 0. The molecule has 1 aliphatic heterocycles. The van der Waals surface area contributed by atoms with Crippen LogP contribution in [0.5, 0.6) is 5.75 Å². The third kappa shape index (κ3) is 5.90. The standard InChI is InChI=1S/C31H33NO6/c33-24-14-16-25(17-15-24)38-29(22-10-5-2-6-11-22)30(34)32-19-23-12-7-13-28(26(23)18-27(32)31(35)36)37-20-21-8-3-1-4-9-21/h1-13,24-25,27,29,33H,14-20H2,(H,35,36)/t24?,25?,27-,29-/m0/s1. The smallest absolute Gasteiger partial charge is 0.326 e. The molecule has 7 heteroatoms. The minimum atomic E-state index is -1.06. The van der Waals surface area contributed by atoms with Crippen molar-refractivity contribution in [1.82, 2.24) is 4.90 Å². The van der Waals surface area contributed by atoms with Crippen molar-refractivity contribution in [2.45, 2.75) is 69.6 Å². The summed E-state index contributed by atoms with van der Waals surface area (Å²) < 4.78 is 12.4. The number of aliphatic hydroxyl groups excluding tert-OH is 1. The predicted molar refractivity (Wildman–Crippen MR) is 141 cm³/mol. The van der Waals surface area contributed by atoms with Gasteiger partial charge in [0.2, 0.25) is 0 Å². The zero-order valence-corrected chi connectivity index (χ0v) is 21.2. The molecule has 2 atom stereocenters. The molecular weight excluding hydrogens is 482 g/mol. The Balaban J connectivity index is 1.40. The Morgan fingerprint density at radius 2 is 1.58 bits per heavy atom. The minimum absolute atomic E-state index is 0.151. The van der Waals surface area contributed by atoms with Crippen molar-refractivity contribution in [2.24, 2.45) is 0 Å². The average molecular weight is 516 g/mol. The maximum atomic E-state index is 14.0. The molecule has 0 unspecified atom stereocenters. The van der Waals surface area contributed by atoms with Crippen LogP contribution < -0.4 is 4.74 Å². The Kier molecular flexibility index (Phi) is 8.05. The van der Waals surface area contributed by atoms with Gasteiger partial charge in [0.15, 0.2) is 6.10 Å². The zero-order chi connectivity index (χ0) is 26.5. The van der Waals surface area contributed by atoms with Crippen molar-refractivity contribution in [3.63, 3.8) is 0 Å². The van der Waals surface area contributed by atoms with E-state index in [0.717, 1.165) is 16.7 Å².